The van der Waals surface area contributed by atoms with Gasteiger partial charge >= 0.3 is 5.97 Å². The molecule has 4 rings (SSSR count). The second-order valence-corrected chi connectivity index (χ2v) is 10.8. The van der Waals surface area contributed by atoms with Crippen molar-refractivity contribution in [3.8, 4) is 5.75 Å². The van der Waals surface area contributed by atoms with Crippen LogP contribution in [0.2, 0.25) is 5.02 Å². The lowest BCUT2D eigenvalue weighted by atomic mass is 10.3. The summed E-state index contributed by atoms with van der Waals surface area (Å²) >= 11 is 7.15. The molecule has 12 heteroatoms. The molecule has 0 radical (unpaired) electrons. The van der Waals surface area contributed by atoms with Crippen molar-refractivity contribution in [3.63, 3.8) is 0 Å². The van der Waals surface area contributed by atoms with E-state index in [0.717, 1.165) is 14.5 Å². The number of sulfonamides is 1. The number of carbonyl (C=O) groups excluding carboxylic acids is 2. The van der Waals surface area contributed by atoms with E-state index in [1.54, 1.807) is 12.1 Å². The van der Waals surface area contributed by atoms with Gasteiger partial charge in [-0.15, -0.1) is 0 Å². The SMILES string of the molecule is CN(c1ccc(OCC(=O)OCC(=O)Nc2nc3ccccc3s2)cc1)S(=O)(=O)c1ccc(Cl)cc1. The highest BCUT2D eigenvalue weighted by molar-refractivity contribution is 7.92. The Morgan fingerprint density at radius 2 is 1.69 bits per heavy atom. The van der Waals surface area contributed by atoms with Gasteiger partial charge in [0, 0.05) is 12.1 Å². The number of para-hydroxylation sites is 1. The topological polar surface area (TPSA) is 115 Å². The summed E-state index contributed by atoms with van der Waals surface area (Å²) in [6.45, 7) is -0.906. The van der Waals surface area contributed by atoms with E-state index in [9.17, 15) is 18.0 Å². The largest absolute Gasteiger partial charge is 0.482 e. The van der Waals surface area contributed by atoms with Crippen molar-refractivity contribution in [1.82, 2.24) is 4.98 Å². The lowest BCUT2D eigenvalue weighted by Gasteiger charge is -2.20. The number of halogens is 1. The van der Waals surface area contributed by atoms with E-state index in [1.165, 1.54) is 54.8 Å². The maximum atomic E-state index is 12.8. The van der Waals surface area contributed by atoms with E-state index < -0.39 is 35.1 Å². The molecule has 186 valence electrons. The van der Waals surface area contributed by atoms with Crippen LogP contribution in [0.5, 0.6) is 5.75 Å². The second-order valence-electron chi connectivity index (χ2n) is 7.40. The highest BCUT2D eigenvalue weighted by Gasteiger charge is 2.21. The van der Waals surface area contributed by atoms with Crippen LogP contribution < -0.4 is 14.4 Å². The molecule has 0 saturated carbocycles. The molecule has 4 aromatic rings. The van der Waals surface area contributed by atoms with Crippen LogP contribution in [-0.4, -0.2) is 45.5 Å². The van der Waals surface area contributed by atoms with E-state index in [4.69, 9.17) is 21.1 Å². The number of carbonyl (C=O) groups is 2. The van der Waals surface area contributed by atoms with Gasteiger partial charge in [0.15, 0.2) is 18.3 Å². The molecule has 1 N–H and O–H groups in total. The predicted molar refractivity (Wildman–Crippen MR) is 138 cm³/mol. The van der Waals surface area contributed by atoms with E-state index in [2.05, 4.69) is 10.3 Å². The van der Waals surface area contributed by atoms with Gasteiger partial charge in [-0.1, -0.05) is 35.1 Å². The van der Waals surface area contributed by atoms with Crippen LogP contribution in [0.1, 0.15) is 0 Å². The van der Waals surface area contributed by atoms with Crippen LogP contribution in [0.15, 0.2) is 77.7 Å². The minimum absolute atomic E-state index is 0.102. The van der Waals surface area contributed by atoms with E-state index >= 15 is 0 Å². The number of esters is 1. The third kappa shape index (κ3) is 6.11. The highest BCUT2D eigenvalue weighted by atomic mass is 35.5. The molecule has 0 bridgehead atoms. The number of anilines is 2. The maximum Gasteiger partial charge on any atom is 0.344 e. The standard InChI is InChI=1S/C24H20ClN3O6S2/c1-28(36(31,32)19-12-6-16(25)7-13-19)17-8-10-18(11-9-17)33-15-23(30)34-14-22(29)27-24-26-20-4-2-3-5-21(20)35-24/h2-13H,14-15H2,1H3,(H,26,27,29). The van der Waals surface area contributed by atoms with Crippen LogP contribution in [-0.2, 0) is 24.3 Å². The number of amides is 1. The summed E-state index contributed by atoms with van der Waals surface area (Å²) in [5.74, 6) is -0.926. The van der Waals surface area contributed by atoms with Gasteiger partial charge in [0.05, 0.1) is 20.8 Å². The molecule has 36 heavy (non-hydrogen) atoms. The lowest BCUT2D eigenvalue weighted by Crippen LogP contribution is -2.26. The Kier molecular flexibility index (Phi) is 7.73. The number of ether oxygens (including phenoxy) is 2. The van der Waals surface area contributed by atoms with Crippen molar-refractivity contribution >= 4 is 65.9 Å². The van der Waals surface area contributed by atoms with Crippen LogP contribution in [0.3, 0.4) is 0 Å². The normalized spacial score (nSPS) is 11.2. The van der Waals surface area contributed by atoms with Gasteiger partial charge < -0.3 is 9.47 Å². The van der Waals surface area contributed by atoms with E-state index in [1.807, 2.05) is 24.3 Å². The fourth-order valence-electron chi connectivity index (χ4n) is 3.07. The third-order valence-electron chi connectivity index (χ3n) is 4.93. The van der Waals surface area contributed by atoms with Gasteiger partial charge in [-0.25, -0.2) is 18.2 Å². The monoisotopic (exact) mass is 545 g/mol. The van der Waals surface area contributed by atoms with Crippen molar-refractivity contribution in [2.24, 2.45) is 0 Å². The number of rotatable bonds is 9. The summed E-state index contributed by atoms with van der Waals surface area (Å²) in [5, 5.41) is 3.44. The molecule has 0 unspecified atom stereocenters. The lowest BCUT2D eigenvalue weighted by molar-refractivity contribution is -0.149. The molecule has 9 nitrogen and oxygen atoms in total. The predicted octanol–water partition coefficient (Wildman–Crippen LogP) is 4.34. The molecule has 1 heterocycles. The molecule has 1 aromatic heterocycles. The summed E-state index contributed by atoms with van der Waals surface area (Å²) in [7, 11) is -2.35. The number of fused-ring (bicyclic) bond motifs is 1. The van der Waals surface area contributed by atoms with Gasteiger partial charge in [0.1, 0.15) is 5.75 Å². The van der Waals surface area contributed by atoms with E-state index in [-0.39, 0.29) is 4.90 Å². The first-order chi connectivity index (χ1) is 17.2. The number of hydrogen-bond donors (Lipinski definition) is 1. The molecule has 0 aliphatic heterocycles. The Morgan fingerprint density at radius 1 is 1.00 bits per heavy atom. The molecule has 0 fully saturated rings. The van der Waals surface area contributed by atoms with Crippen LogP contribution in [0.25, 0.3) is 10.2 Å². The Hall–Kier alpha value is -3.67. The van der Waals surface area contributed by atoms with Gasteiger partial charge in [-0.3, -0.25) is 14.4 Å². The first kappa shape index (κ1) is 25.4. The molecule has 0 spiro atoms. The maximum absolute atomic E-state index is 12.8. The Bertz CT molecular complexity index is 1460. The van der Waals surface area contributed by atoms with Crippen molar-refractivity contribution in [2.45, 2.75) is 4.90 Å². The minimum atomic E-state index is -3.78. The van der Waals surface area contributed by atoms with Crippen LogP contribution in [0, 0.1) is 0 Å². The van der Waals surface area contributed by atoms with Gasteiger partial charge in [-0.05, 0) is 60.7 Å². The molecule has 0 atom stereocenters. The zero-order chi connectivity index (χ0) is 25.7. The van der Waals surface area contributed by atoms with Gasteiger partial charge in [0.25, 0.3) is 15.9 Å². The molecule has 0 saturated heterocycles. The Balaban J connectivity index is 1.25. The minimum Gasteiger partial charge on any atom is -0.482 e. The second kappa shape index (κ2) is 10.9. The fourth-order valence-corrected chi connectivity index (χ4v) is 5.27. The van der Waals surface area contributed by atoms with Crippen molar-refractivity contribution in [2.75, 3.05) is 29.9 Å². The number of nitrogens with zero attached hydrogens (tertiary/aromatic N) is 2. The van der Waals surface area contributed by atoms with Crippen molar-refractivity contribution in [3.05, 3.63) is 77.8 Å². The smallest absolute Gasteiger partial charge is 0.344 e. The highest BCUT2D eigenvalue weighted by Crippen LogP contribution is 2.26. The first-order valence-corrected chi connectivity index (χ1v) is 13.1. The molecule has 0 aliphatic carbocycles. The summed E-state index contributed by atoms with van der Waals surface area (Å²) in [6, 6.07) is 19.4. The molecular formula is C24H20ClN3O6S2. The van der Waals surface area contributed by atoms with Crippen molar-refractivity contribution < 1.29 is 27.5 Å². The third-order valence-corrected chi connectivity index (χ3v) is 7.94. The average molecular weight is 546 g/mol. The quantitative estimate of drug-likeness (QED) is 0.311. The summed E-state index contributed by atoms with van der Waals surface area (Å²) in [6.07, 6.45) is 0. The molecule has 1 amide bonds. The summed E-state index contributed by atoms with van der Waals surface area (Å²) in [4.78, 5) is 28.4. The number of benzene rings is 3. The number of aromatic nitrogens is 1. The molecule has 0 aliphatic rings. The fraction of sp³-hybridized carbons (Fsp3) is 0.125. The van der Waals surface area contributed by atoms with Crippen molar-refractivity contribution in [1.29, 1.82) is 0 Å². The summed E-state index contributed by atoms with van der Waals surface area (Å²) in [5.41, 5.74) is 1.16. The first-order valence-electron chi connectivity index (χ1n) is 10.5. The van der Waals surface area contributed by atoms with Crippen LogP contribution >= 0.6 is 22.9 Å². The number of thiazole rings is 1. The number of hydrogen-bond acceptors (Lipinski definition) is 8. The molecular weight excluding hydrogens is 526 g/mol. The Labute approximate surface area is 216 Å². The average Bonchev–Trinajstić information content (AvgIpc) is 3.28. The zero-order valence-electron chi connectivity index (χ0n) is 18.9. The molecule has 3 aromatic carbocycles. The van der Waals surface area contributed by atoms with Crippen LogP contribution in [0.4, 0.5) is 10.8 Å². The van der Waals surface area contributed by atoms with E-state index in [0.29, 0.717) is 21.6 Å². The Morgan fingerprint density at radius 3 is 2.39 bits per heavy atom. The summed E-state index contributed by atoms with van der Waals surface area (Å²) < 4.78 is 37.9. The zero-order valence-corrected chi connectivity index (χ0v) is 21.3. The number of nitrogens with one attached hydrogen (secondary N) is 1. The van der Waals surface area contributed by atoms with Gasteiger partial charge in [-0.2, -0.15) is 0 Å². The van der Waals surface area contributed by atoms with Gasteiger partial charge in [0.2, 0.25) is 0 Å².